The van der Waals surface area contributed by atoms with Crippen LogP contribution in [0.1, 0.15) is 168 Å². The molecule has 11 aliphatic rings. The average molecular weight is 2070 g/mol. The first kappa shape index (κ1) is 102. The van der Waals surface area contributed by atoms with Gasteiger partial charge in [0, 0.05) is 192 Å². The molecule has 1 unspecified atom stereocenters. The lowest BCUT2D eigenvalue weighted by Crippen LogP contribution is -2.43. The second-order valence-electron chi connectivity index (χ2n) is 41.6. The highest BCUT2D eigenvalue weighted by molar-refractivity contribution is 7.14. The molecule has 1 atom stereocenters. The van der Waals surface area contributed by atoms with Crippen molar-refractivity contribution in [2.24, 2.45) is 0 Å². The number of rotatable bonds is 18. The predicted molar refractivity (Wildman–Crippen MR) is 564 cm³/mol. The number of carbonyl (C=O) groups is 5. The number of amides is 5. The number of nitrogens with zero attached hydrogens (tertiary/aromatic N) is 15. The predicted octanol–water partition coefficient (Wildman–Crippen LogP) is 14.3. The SMILES string of the molecule is CC1(C)Cc2cc(NC(=O)c3cnn4ccc(=O)[nH]c34)c(N3CCOCC3)cc2O1.CC1(C)Cc2cc(NC(=O)c3coc(-c4ccncn4)n3)c(N3CCOCC3)cc2O1.CC1COCCN1c1nc(C(=O)Nc2cc3c(cc2N2CCOCC2)OC(C)(C)C3)cs1.Cc1ccc(C(=O)Nc2cc3c(cc2N2CCOCC2)OC(C)(C)C3)o1.Cc1cn(-c2nc(C(=O)Nc3cc4c(cc3N3CCOCC3)OC(C)(C)C4)co2)cn1. The number of carbonyl (C=O) groups excluding carboxylic acids is 5. The van der Waals surface area contributed by atoms with Crippen LogP contribution in [0.5, 0.6) is 28.7 Å². The number of ether oxygens (including phenoxy) is 11. The molecule has 5 amide bonds. The van der Waals surface area contributed by atoms with Gasteiger partial charge in [0.1, 0.15) is 110 Å². The highest BCUT2D eigenvalue weighted by Crippen LogP contribution is 2.49. The molecule has 41 nitrogen and oxygen atoms in total. The molecule has 6 N–H and O–H groups in total. The van der Waals surface area contributed by atoms with Crippen molar-refractivity contribution >= 4 is 109 Å². The minimum atomic E-state index is -0.350. The van der Waals surface area contributed by atoms with Crippen LogP contribution in [0.4, 0.5) is 62.0 Å². The maximum Gasteiger partial charge on any atom is 0.307 e. The van der Waals surface area contributed by atoms with Crippen molar-refractivity contribution in [2.75, 3.05) is 207 Å². The number of nitrogens with one attached hydrogen (secondary N) is 6. The smallest absolute Gasteiger partial charge is 0.307 e. The molecular formula is C108H125N21O20S. The van der Waals surface area contributed by atoms with E-state index in [0.717, 1.165) is 223 Å². The number of anilines is 11. The van der Waals surface area contributed by atoms with Crippen molar-refractivity contribution < 1.29 is 89.3 Å². The first-order chi connectivity index (χ1) is 72.1. The molecule has 150 heavy (non-hydrogen) atoms. The number of aromatic amines is 1. The fourth-order valence-corrected chi connectivity index (χ4v) is 21.0. The quantitative estimate of drug-likeness (QED) is 0.0464. The van der Waals surface area contributed by atoms with Gasteiger partial charge in [0.25, 0.3) is 35.1 Å². The van der Waals surface area contributed by atoms with E-state index < -0.39 is 0 Å². The monoisotopic (exact) mass is 2070 g/mol. The van der Waals surface area contributed by atoms with Crippen LogP contribution in [0.15, 0.2) is 158 Å². The van der Waals surface area contributed by atoms with Crippen LogP contribution < -0.4 is 85.2 Å². The van der Waals surface area contributed by atoms with Crippen molar-refractivity contribution in [3.8, 4) is 46.3 Å². The minimum Gasteiger partial charge on any atom is -0.487 e. The van der Waals surface area contributed by atoms with Crippen molar-refractivity contribution in [1.29, 1.82) is 0 Å². The summed E-state index contributed by atoms with van der Waals surface area (Å²) in [6.45, 7) is 42.7. The molecule has 5 aromatic carbocycles. The number of H-pyrrole nitrogens is 1. The van der Waals surface area contributed by atoms with Crippen LogP contribution in [0.25, 0.3) is 23.2 Å². The van der Waals surface area contributed by atoms with E-state index in [1.807, 2.05) is 67.8 Å². The van der Waals surface area contributed by atoms with Gasteiger partial charge in [0.2, 0.25) is 5.89 Å². The molecule has 11 aliphatic heterocycles. The zero-order chi connectivity index (χ0) is 104. The number of morpholine rings is 6. The van der Waals surface area contributed by atoms with E-state index in [4.69, 9.17) is 65.4 Å². The number of furan rings is 1. The van der Waals surface area contributed by atoms with Gasteiger partial charge in [-0.25, -0.2) is 29.4 Å². The summed E-state index contributed by atoms with van der Waals surface area (Å²) in [6, 6.07) is 27.3. The van der Waals surface area contributed by atoms with Crippen molar-refractivity contribution in [2.45, 2.75) is 156 Å². The number of thiazole rings is 1. The second kappa shape index (κ2) is 43.0. The maximum absolute atomic E-state index is 13.2. The van der Waals surface area contributed by atoms with Gasteiger partial charge >= 0.3 is 6.01 Å². The van der Waals surface area contributed by atoms with Gasteiger partial charge in [-0.3, -0.25) is 33.3 Å². The van der Waals surface area contributed by atoms with E-state index in [-0.39, 0.29) is 86.4 Å². The maximum atomic E-state index is 13.2. The first-order valence-electron chi connectivity index (χ1n) is 50.7. The largest absolute Gasteiger partial charge is 0.487 e. The van der Waals surface area contributed by atoms with Crippen LogP contribution >= 0.6 is 11.3 Å². The van der Waals surface area contributed by atoms with E-state index in [9.17, 15) is 28.8 Å². The summed E-state index contributed by atoms with van der Waals surface area (Å²) in [4.78, 5) is 118. The first-order valence-corrected chi connectivity index (χ1v) is 51.6. The Morgan fingerprint density at radius 1 is 0.440 bits per heavy atom. The van der Waals surface area contributed by atoms with Gasteiger partial charge in [0.15, 0.2) is 22.3 Å². The van der Waals surface area contributed by atoms with Crippen LogP contribution in [0.2, 0.25) is 0 Å². The Morgan fingerprint density at radius 3 is 1.23 bits per heavy atom. The van der Waals surface area contributed by atoms with Crippen molar-refractivity contribution in [3.05, 3.63) is 218 Å². The third kappa shape index (κ3) is 23.7. The Bertz CT molecular complexity index is 7210. The topological polar surface area (TPSA) is 438 Å². The summed E-state index contributed by atoms with van der Waals surface area (Å²) in [7, 11) is 0. The van der Waals surface area contributed by atoms with Gasteiger partial charge in [-0.2, -0.15) is 10.1 Å². The molecule has 0 aliphatic carbocycles. The molecule has 6 fully saturated rings. The van der Waals surface area contributed by atoms with Crippen molar-refractivity contribution in [1.82, 2.24) is 49.1 Å². The molecule has 788 valence electrons. The number of hydrogen-bond acceptors (Lipinski definition) is 34. The summed E-state index contributed by atoms with van der Waals surface area (Å²) in [5.74, 6) is 4.20. The molecular weight excluding hydrogens is 1940 g/mol. The van der Waals surface area contributed by atoms with Gasteiger partial charge in [-0.15, -0.1) is 11.3 Å². The molecule has 0 spiro atoms. The molecule has 42 heteroatoms. The highest BCUT2D eigenvalue weighted by atomic mass is 32.1. The lowest BCUT2D eigenvalue weighted by molar-refractivity contribution is 0.0986. The number of aromatic nitrogens is 10. The molecule has 8 aromatic heterocycles. The minimum absolute atomic E-state index is 0.179. The summed E-state index contributed by atoms with van der Waals surface area (Å²) >= 11 is 1.50. The number of fused-ring (bicyclic) bond motifs is 6. The molecule has 19 heterocycles. The number of aryl methyl sites for hydroxylation is 2. The van der Waals surface area contributed by atoms with E-state index >= 15 is 0 Å². The lowest BCUT2D eigenvalue weighted by Gasteiger charge is -2.32. The summed E-state index contributed by atoms with van der Waals surface area (Å²) < 4.78 is 83.0. The van der Waals surface area contributed by atoms with Crippen molar-refractivity contribution in [3.63, 3.8) is 0 Å². The zero-order valence-corrected chi connectivity index (χ0v) is 87.3. The molecule has 0 radical (unpaired) electrons. The summed E-state index contributed by atoms with van der Waals surface area (Å²) in [5, 5.41) is 22.1. The van der Waals surface area contributed by atoms with Gasteiger partial charge < -0.3 is 126 Å². The standard InChI is InChI=1S/C23H30N4O4S.C22H25N5O4.C22H23N5O4.C21H23N5O4.C20H24N2O4/c1-15-13-30-9-6-27(15)22-25-18(14-32-22)21(28)24-17-10-16-12-23(2,3)31-20(16)11-19(17)26-4-7-29-8-5-26;1-14-11-27(13-23-14)21-25-17(12-30-21)20(28)24-16-8-15-10-22(2,3)31-19(15)9-18(16)26-4-6-29-7-5-26;1-22(2)11-14-9-16(18(10-19(14)31-22)27-5-7-29-8-6-27)25-20(28)17-12-30-21(26-17)15-3-4-23-13-24-15;1-21(2)11-13-9-15(16(10-17(13)30-21)25-5-7-29-8-6-25)23-20(28)14-12-22-26-4-3-18(27)24-19(14)26;1-13-4-5-17(25-13)19(23)21-15-10-14-12-20(2,3)26-18(14)11-16(15)22-6-8-24-9-7-22/h10-11,14-15H,4-9,12-13H2,1-3H3,(H,24,28);8-9,11-13H,4-7,10H2,1-3H3,(H,24,28);3-4,9-10,12-13H,5-8,11H2,1-2H3,(H,25,28);3-4,9-10,12H,5-8,11H2,1-2H3,(H,23,28)(H,24,27);4-5,10-11H,6-9,12H2,1-3H3,(H,21,23). The van der Waals surface area contributed by atoms with E-state index in [1.54, 1.807) is 41.5 Å². The number of oxazole rings is 2. The molecule has 13 aromatic rings. The Morgan fingerprint density at radius 2 is 0.840 bits per heavy atom. The highest BCUT2D eigenvalue weighted by Gasteiger charge is 2.40. The van der Waals surface area contributed by atoms with Gasteiger partial charge in [-0.1, -0.05) is 0 Å². The van der Waals surface area contributed by atoms with E-state index in [2.05, 4.69) is 184 Å². The van der Waals surface area contributed by atoms with Gasteiger partial charge in [0.05, 0.1) is 154 Å². The number of benzene rings is 5. The number of hydrogen-bond donors (Lipinski definition) is 6. The third-order valence-electron chi connectivity index (χ3n) is 27.1. The van der Waals surface area contributed by atoms with Crippen LogP contribution in [0, 0.1) is 13.8 Å². The van der Waals surface area contributed by atoms with Crippen LogP contribution in [-0.2, 0) is 60.5 Å². The lowest BCUT2D eigenvalue weighted by atomic mass is 10.0. The second-order valence-corrected chi connectivity index (χ2v) is 42.5. The van der Waals surface area contributed by atoms with E-state index in [1.165, 1.54) is 53.2 Å². The Kier molecular flexibility index (Phi) is 29.3. The molecule has 0 saturated carbocycles. The number of imidazole rings is 1. The molecule has 0 bridgehead atoms. The Balaban J connectivity index is 0.000000114. The zero-order valence-electron chi connectivity index (χ0n) is 86.4. The van der Waals surface area contributed by atoms with Gasteiger partial charge in [-0.05, 0) is 139 Å². The average Bonchev–Trinajstić information content (AvgIpc) is 1.68. The van der Waals surface area contributed by atoms with Crippen LogP contribution in [0.3, 0.4) is 0 Å². The normalized spacial score (nSPS) is 18.6. The fourth-order valence-electron chi connectivity index (χ4n) is 20.0. The fraction of sp³-hybridized carbons (Fsp3) is 0.435. The Labute approximate surface area is 870 Å². The molecule has 24 rings (SSSR count). The summed E-state index contributed by atoms with van der Waals surface area (Å²) in [6.07, 6.45) is 16.0. The summed E-state index contributed by atoms with van der Waals surface area (Å²) in [5.41, 5.74) is 15.1. The molecule has 6 saturated heterocycles. The third-order valence-corrected chi connectivity index (χ3v) is 27.9. The Hall–Kier alpha value is -15.0. The van der Waals surface area contributed by atoms with Crippen LogP contribution in [-0.4, -0.2) is 264 Å². The van der Waals surface area contributed by atoms with E-state index in [0.29, 0.717) is 125 Å².